The maximum absolute atomic E-state index is 12.0. The molecule has 0 radical (unpaired) electrons. The molecule has 0 aliphatic heterocycles. The Morgan fingerprint density at radius 1 is 1.05 bits per heavy atom. The van der Waals surface area contributed by atoms with E-state index in [4.69, 9.17) is 10.5 Å². The zero-order valence-electron chi connectivity index (χ0n) is 12.2. The van der Waals surface area contributed by atoms with Gasteiger partial charge in [0.25, 0.3) is 0 Å². The first-order valence-corrected chi connectivity index (χ1v) is 7.81. The number of ether oxygens (including phenoxy) is 1. The molecule has 112 valence electrons. The highest BCUT2D eigenvalue weighted by atomic mass is 32.2. The first-order chi connectivity index (χ1) is 9.80. The summed E-state index contributed by atoms with van der Waals surface area (Å²) in [5.41, 5.74) is 7.29. The molecule has 0 amide bonds. The van der Waals surface area contributed by atoms with E-state index in [1.54, 1.807) is 6.07 Å². The van der Waals surface area contributed by atoms with Crippen LogP contribution in [0, 0.1) is 6.92 Å². The number of nitrogens with two attached hydrogens (primary N) is 1. The van der Waals surface area contributed by atoms with Crippen LogP contribution in [-0.4, -0.2) is 26.8 Å². The van der Waals surface area contributed by atoms with Crippen LogP contribution in [0.15, 0.2) is 47.4 Å². The van der Waals surface area contributed by atoms with E-state index in [0.717, 1.165) is 9.87 Å². The Morgan fingerprint density at radius 3 is 2.19 bits per heavy atom. The van der Waals surface area contributed by atoms with Crippen LogP contribution in [0.25, 0.3) is 0 Å². The molecule has 0 atom stereocenters. The molecule has 0 saturated carbocycles. The molecule has 6 heteroatoms. The summed E-state index contributed by atoms with van der Waals surface area (Å²) in [6, 6.07) is 12.0. The van der Waals surface area contributed by atoms with Gasteiger partial charge in [-0.1, -0.05) is 17.7 Å². The molecule has 2 rings (SSSR count). The van der Waals surface area contributed by atoms with Crippen LogP contribution in [0.2, 0.25) is 0 Å². The summed E-state index contributed by atoms with van der Waals surface area (Å²) in [6.45, 7) is 1.99. The average molecular weight is 306 g/mol. The number of hydrogen-bond acceptors (Lipinski definition) is 4. The Balaban J connectivity index is 2.30. The fourth-order valence-corrected chi connectivity index (χ4v) is 2.66. The van der Waals surface area contributed by atoms with E-state index in [2.05, 4.69) is 0 Å². The summed E-state index contributed by atoms with van der Waals surface area (Å²) in [5.74, 6) is 1.08. The van der Waals surface area contributed by atoms with E-state index in [1.807, 2.05) is 31.2 Å². The van der Waals surface area contributed by atoms with Crippen LogP contribution < -0.4 is 10.5 Å². The molecule has 21 heavy (non-hydrogen) atoms. The van der Waals surface area contributed by atoms with Crippen LogP contribution in [0.1, 0.15) is 5.56 Å². The number of sulfonamides is 1. The Labute approximate surface area is 125 Å². The molecule has 0 unspecified atom stereocenters. The molecule has 0 heterocycles. The molecule has 0 aliphatic carbocycles. The summed E-state index contributed by atoms with van der Waals surface area (Å²) in [6.07, 6.45) is 0. The van der Waals surface area contributed by atoms with Gasteiger partial charge in [0.2, 0.25) is 10.0 Å². The van der Waals surface area contributed by atoms with Crippen molar-refractivity contribution < 1.29 is 13.2 Å². The summed E-state index contributed by atoms with van der Waals surface area (Å²) in [4.78, 5) is 0.140. The molecular formula is C15H18N2O3S. The lowest BCUT2D eigenvalue weighted by Gasteiger charge is -2.14. The lowest BCUT2D eigenvalue weighted by atomic mass is 10.2. The summed E-state index contributed by atoms with van der Waals surface area (Å²) < 4.78 is 30.8. The number of nitrogens with zero attached hydrogens (tertiary/aromatic N) is 1. The monoisotopic (exact) mass is 306 g/mol. The number of hydrogen-bond donors (Lipinski definition) is 1. The Hall–Kier alpha value is -2.05. The van der Waals surface area contributed by atoms with E-state index in [-0.39, 0.29) is 10.6 Å². The first-order valence-electron chi connectivity index (χ1n) is 6.37. The molecule has 2 N–H and O–H groups in total. The third-order valence-electron chi connectivity index (χ3n) is 3.01. The normalized spacial score (nSPS) is 11.6. The maximum atomic E-state index is 12.0. The average Bonchev–Trinajstić information content (AvgIpc) is 2.43. The van der Waals surface area contributed by atoms with Gasteiger partial charge in [-0.3, -0.25) is 0 Å². The van der Waals surface area contributed by atoms with E-state index in [1.165, 1.54) is 26.2 Å². The summed E-state index contributed by atoms with van der Waals surface area (Å²) >= 11 is 0. The Kier molecular flexibility index (Phi) is 4.20. The van der Waals surface area contributed by atoms with Gasteiger partial charge < -0.3 is 10.5 Å². The second-order valence-corrected chi connectivity index (χ2v) is 7.05. The number of anilines is 1. The van der Waals surface area contributed by atoms with Crippen LogP contribution in [0.3, 0.4) is 0 Å². The van der Waals surface area contributed by atoms with Crippen molar-refractivity contribution in [3.63, 3.8) is 0 Å². The van der Waals surface area contributed by atoms with Gasteiger partial charge in [-0.05, 0) is 37.3 Å². The van der Waals surface area contributed by atoms with Gasteiger partial charge in [0.05, 0.1) is 10.6 Å². The molecule has 2 aromatic carbocycles. The third-order valence-corrected chi connectivity index (χ3v) is 4.82. The van der Waals surface area contributed by atoms with E-state index in [0.29, 0.717) is 11.5 Å². The highest BCUT2D eigenvalue weighted by molar-refractivity contribution is 7.89. The number of rotatable bonds is 4. The highest BCUT2D eigenvalue weighted by Gasteiger charge is 2.18. The second-order valence-electron chi connectivity index (χ2n) is 4.90. The molecule has 0 saturated heterocycles. The first kappa shape index (κ1) is 15.3. The zero-order valence-corrected chi connectivity index (χ0v) is 13.0. The highest BCUT2D eigenvalue weighted by Crippen LogP contribution is 2.30. The van der Waals surface area contributed by atoms with Crippen LogP contribution in [-0.2, 0) is 10.0 Å². The van der Waals surface area contributed by atoms with Gasteiger partial charge in [-0.25, -0.2) is 12.7 Å². The van der Waals surface area contributed by atoms with Gasteiger partial charge in [-0.15, -0.1) is 0 Å². The van der Waals surface area contributed by atoms with E-state index in [9.17, 15) is 8.42 Å². The Morgan fingerprint density at radius 2 is 1.67 bits per heavy atom. The lowest BCUT2D eigenvalue weighted by Crippen LogP contribution is -2.22. The summed E-state index contributed by atoms with van der Waals surface area (Å²) in [5, 5.41) is 0. The summed E-state index contributed by atoms with van der Waals surface area (Å²) in [7, 11) is -0.548. The molecule has 5 nitrogen and oxygen atoms in total. The zero-order chi connectivity index (χ0) is 15.6. The van der Waals surface area contributed by atoms with E-state index >= 15 is 0 Å². The van der Waals surface area contributed by atoms with Crippen LogP contribution >= 0.6 is 0 Å². The maximum Gasteiger partial charge on any atom is 0.242 e. The van der Waals surface area contributed by atoms with Crippen molar-refractivity contribution in [1.82, 2.24) is 4.31 Å². The van der Waals surface area contributed by atoms with Crippen molar-refractivity contribution in [2.75, 3.05) is 19.8 Å². The number of benzene rings is 2. The molecule has 0 fully saturated rings. The van der Waals surface area contributed by atoms with Gasteiger partial charge in [-0.2, -0.15) is 0 Å². The number of aryl methyl sites for hydroxylation is 1. The minimum atomic E-state index is -3.50. The van der Waals surface area contributed by atoms with Crippen molar-refractivity contribution in [2.45, 2.75) is 11.8 Å². The minimum Gasteiger partial charge on any atom is -0.455 e. The van der Waals surface area contributed by atoms with Crippen molar-refractivity contribution in [3.05, 3.63) is 48.0 Å². The van der Waals surface area contributed by atoms with E-state index < -0.39 is 10.0 Å². The van der Waals surface area contributed by atoms with Gasteiger partial charge >= 0.3 is 0 Å². The van der Waals surface area contributed by atoms with Crippen molar-refractivity contribution in [2.24, 2.45) is 0 Å². The van der Waals surface area contributed by atoms with Crippen molar-refractivity contribution in [3.8, 4) is 11.5 Å². The molecular weight excluding hydrogens is 288 g/mol. The topological polar surface area (TPSA) is 72.6 Å². The van der Waals surface area contributed by atoms with Crippen molar-refractivity contribution in [1.29, 1.82) is 0 Å². The van der Waals surface area contributed by atoms with Gasteiger partial charge in [0, 0.05) is 14.1 Å². The molecule has 0 aliphatic rings. The predicted octanol–water partition coefficient (Wildman–Crippen LogP) is 2.62. The SMILES string of the molecule is Cc1ccc(Oc2ccc(S(=O)(=O)N(C)C)cc2N)cc1. The predicted molar refractivity (Wildman–Crippen MR) is 83.0 cm³/mol. The van der Waals surface area contributed by atoms with Gasteiger partial charge in [0.1, 0.15) is 11.5 Å². The third kappa shape index (κ3) is 3.34. The lowest BCUT2D eigenvalue weighted by molar-refractivity contribution is 0.484. The molecule has 2 aromatic rings. The second kappa shape index (κ2) is 5.75. The smallest absolute Gasteiger partial charge is 0.242 e. The number of nitrogen functional groups attached to an aromatic ring is 1. The minimum absolute atomic E-state index is 0.140. The fourth-order valence-electron chi connectivity index (χ4n) is 1.72. The van der Waals surface area contributed by atoms with Crippen molar-refractivity contribution >= 4 is 15.7 Å². The molecule has 0 bridgehead atoms. The van der Waals surface area contributed by atoms with Gasteiger partial charge in [0.15, 0.2) is 0 Å². The quantitative estimate of drug-likeness (QED) is 0.881. The molecule has 0 aromatic heterocycles. The standard InChI is InChI=1S/C15H18N2O3S/c1-11-4-6-12(7-5-11)20-15-9-8-13(10-14(15)16)21(18,19)17(2)3/h4-10H,16H2,1-3H3. The Bertz CT molecular complexity index is 738. The fraction of sp³-hybridized carbons (Fsp3) is 0.200. The molecule has 0 spiro atoms. The largest absolute Gasteiger partial charge is 0.455 e. The van der Waals surface area contributed by atoms with Crippen LogP contribution in [0.4, 0.5) is 5.69 Å². The van der Waals surface area contributed by atoms with Crippen LogP contribution in [0.5, 0.6) is 11.5 Å².